The number of carbonyl (C=O) groups is 3. The lowest BCUT2D eigenvalue weighted by atomic mass is 10.1. The molecular weight excluding hydrogens is 351 g/mol. The topological polar surface area (TPSA) is 63.7 Å². The van der Waals surface area contributed by atoms with E-state index in [0.29, 0.717) is 23.1 Å². The highest BCUT2D eigenvalue weighted by Crippen LogP contribution is 2.28. The van der Waals surface area contributed by atoms with Crippen LogP contribution in [0.15, 0.2) is 42.1 Å². The summed E-state index contributed by atoms with van der Waals surface area (Å²) in [6.07, 6.45) is 0.637. The molecule has 132 valence electrons. The molecule has 2 amide bonds. The summed E-state index contributed by atoms with van der Waals surface area (Å²) in [5.41, 5.74) is -1.41. The van der Waals surface area contributed by atoms with Crippen LogP contribution in [-0.4, -0.2) is 29.8 Å². The number of ether oxygens (including phenoxy) is 1. The smallest absolute Gasteiger partial charge is 0.355 e. The molecule has 0 saturated heterocycles. The highest BCUT2D eigenvalue weighted by molar-refractivity contribution is 6.25. The van der Waals surface area contributed by atoms with Crippen molar-refractivity contribution in [2.75, 3.05) is 7.11 Å². The van der Waals surface area contributed by atoms with E-state index in [1.807, 2.05) is 0 Å². The summed E-state index contributed by atoms with van der Waals surface area (Å²) in [6.45, 7) is 0. The molecule has 0 aromatic heterocycles. The molecule has 0 radical (unpaired) electrons. The van der Waals surface area contributed by atoms with Crippen LogP contribution < -0.4 is 0 Å². The van der Waals surface area contributed by atoms with Gasteiger partial charge in [-0.05, 0) is 18.2 Å². The summed E-state index contributed by atoms with van der Waals surface area (Å²) in [7, 11) is 0.978. The van der Waals surface area contributed by atoms with Gasteiger partial charge in [0.05, 0.1) is 18.2 Å². The minimum absolute atomic E-state index is 0.0346. The van der Waals surface area contributed by atoms with E-state index in [0.717, 1.165) is 7.11 Å². The van der Waals surface area contributed by atoms with E-state index in [-0.39, 0.29) is 11.1 Å². The van der Waals surface area contributed by atoms with Crippen LogP contribution in [0, 0.1) is 17.5 Å². The zero-order chi connectivity index (χ0) is 19.0. The zero-order valence-corrected chi connectivity index (χ0v) is 13.3. The van der Waals surface area contributed by atoms with Crippen molar-refractivity contribution >= 4 is 23.9 Å². The molecule has 2 aromatic carbocycles. The van der Waals surface area contributed by atoms with E-state index in [1.165, 1.54) is 24.3 Å². The van der Waals surface area contributed by atoms with Crippen molar-refractivity contribution in [1.29, 1.82) is 0 Å². The molecule has 1 aliphatic rings. The van der Waals surface area contributed by atoms with Crippen LogP contribution in [-0.2, 0) is 9.53 Å². The monoisotopic (exact) mass is 361 g/mol. The molecule has 8 heteroatoms. The number of carbonyl (C=O) groups excluding carboxylic acids is 3. The van der Waals surface area contributed by atoms with Gasteiger partial charge >= 0.3 is 5.97 Å². The molecule has 0 N–H and O–H groups in total. The van der Waals surface area contributed by atoms with Crippen LogP contribution >= 0.6 is 0 Å². The van der Waals surface area contributed by atoms with Crippen LogP contribution in [0.2, 0.25) is 0 Å². The van der Waals surface area contributed by atoms with E-state index in [1.54, 1.807) is 0 Å². The van der Waals surface area contributed by atoms with Crippen LogP contribution in [0.4, 0.5) is 13.2 Å². The number of fused-ring (bicyclic) bond motifs is 1. The number of hydrogen-bond donors (Lipinski definition) is 0. The molecule has 0 aliphatic carbocycles. The molecule has 5 nitrogen and oxygen atoms in total. The van der Waals surface area contributed by atoms with E-state index < -0.39 is 46.5 Å². The lowest BCUT2D eigenvalue weighted by Crippen LogP contribution is -2.33. The quantitative estimate of drug-likeness (QED) is 0.479. The van der Waals surface area contributed by atoms with E-state index in [2.05, 4.69) is 4.74 Å². The van der Waals surface area contributed by atoms with Gasteiger partial charge in [0, 0.05) is 17.7 Å². The van der Waals surface area contributed by atoms with Crippen molar-refractivity contribution in [2.24, 2.45) is 0 Å². The maximum atomic E-state index is 13.9. The summed E-state index contributed by atoms with van der Waals surface area (Å²) in [5, 5.41) is 0. The fraction of sp³-hybridized carbons (Fsp3) is 0.0556. The van der Waals surface area contributed by atoms with E-state index in [9.17, 15) is 27.6 Å². The molecule has 3 rings (SSSR count). The molecule has 0 fully saturated rings. The fourth-order valence-electron chi connectivity index (χ4n) is 2.56. The average Bonchev–Trinajstić information content (AvgIpc) is 2.86. The van der Waals surface area contributed by atoms with E-state index >= 15 is 0 Å². The largest absolute Gasteiger partial charge is 0.464 e. The number of esters is 1. The second-order valence-corrected chi connectivity index (χ2v) is 5.30. The third-order valence-electron chi connectivity index (χ3n) is 3.75. The molecular formula is C18H10F3NO4. The van der Waals surface area contributed by atoms with Gasteiger partial charge in [0.2, 0.25) is 0 Å². The first-order chi connectivity index (χ1) is 12.3. The third-order valence-corrected chi connectivity index (χ3v) is 3.75. The van der Waals surface area contributed by atoms with Gasteiger partial charge in [0.15, 0.2) is 0 Å². The summed E-state index contributed by atoms with van der Waals surface area (Å²) < 4.78 is 45.4. The number of methoxy groups -OCH3 is 1. The van der Waals surface area contributed by atoms with Gasteiger partial charge in [-0.2, -0.15) is 0 Å². The Morgan fingerprint density at radius 3 is 1.96 bits per heavy atom. The molecule has 0 bridgehead atoms. The molecule has 2 aromatic rings. The van der Waals surface area contributed by atoms with Crippen LogP contribution in [0.5, 0.6) is 0 Å². The Kier molecular flexibility index (Phi) is 4.33. The molecule has 26 heavy (non-hydrogen) atoms. The molecule has 1 aliphatic heterocycles. The predicted molar refractivity (Wildman–Crippen MR) is 83.3 cm³/mol. The number of nitrogens with zero attached hydrogens (tertiary/aromatic N) is 1. The summed E-state index contributed by atoms with van der Waals surface area (Å²) in [4.78, 5) is 37.5. The van der Waals surface area contributed by atoms with Crippen molar-refractivity contribution in [2.45, 2.75) is 0 Å². The molecule has 0 spiro atoms. The number of amides is 2. The van der Waals surface area contributed by atoms with E-state index in [4.69, 9.17) is 0 Å². The SMILES string of the molecule is COC(=O)/C(=C\c1c(F)cc(F)cc1F)N1C(=O)c2ccccc2C1=O. The Balaban J connectivity index is 2.17. The van der Waals surface area contributed by atoms with Gasteiger partial charge in [-0.15, -0.1) is 0 Å². The predicted octanol–water partition coefficient (Wildman–Crippen LogP) is 2.91. The van der Waals surface area contributed by atoms with Crippen molar-refractivity contribution in [3.8, 4) is 0 Å². The molecule has 0 saturated carbocycles. The van der Waals surface area contributed by atoms with Crippen molar-refractivity contribution in [1.82, 2.24) is 4.90 Å². The van der Waals surface area contributed by atoms with Gasteiger partial charge in [0.25, 0.3) is 11.8 Å². The first-order valence-electron chi connectivity index (χ1n) is 7.27. The highest BCUT2D eigenvalue weighted by Gasteiger charge is 2.40. The van der Waals surface area contributed by atoms with Crippen molar-refractivity contribution in [3.05, 3.63) is 76.2 Å². The molecule has 0 atom stereocenters. The number of rotatable bonds is 3. The van der Waals surface area contributed by atoms with Gasteiger partial charge in [-0.1, -0.05) is 12.1 Å². The first kappa shape index (κ1) is 17.4. The maximum absolute atomic E-state index is 13.9. The van der Waals surface area contributed by atoms with Gasteiger partial charge in [-0.25, -0.2) is 22.9 Å². The Hall–Kier alpha value is -3.42. The standard InChI is InChI=1S/C18H10F3NO4/c1-26-18(25)15(8-12-13(20)6-9(19)7-14(12)21)22-16(23)10-4-2-3-5-11(10)17(22)24/h2-8H,1H3/b15-8+. The van der Waals surface area contributed by atoms with Crippen LogP contribution in [0.25, 0.3) is 6.08 Å². The highest BCUT2D eigenvalue weighted by atomic mass is 19.1. The number of hydrogen-bond acceptors (Lipinski definition) is 4. The average molecular weight is 361 g/mol. The number of halogens is 3. The van der Waals surface area contributed by atoms with Gasteiger partial charge in [0.1, 0.15) is 23.1 Å². The Labute approximate surface area is 145 Å². The third kappa shape index (κ3) is 2.75. The van der Waals surface area contributed by atoms with Crippen LogP contribution in [0.1, 0.15) is 26.3 Å². The summed E-state index contributed by atoms with van der Waals surface area (Å²) in [6, 6.07) is 6.62. The van der Waals surface area contributed by atoms with Crippen molar-refractivity contribution in [3.63, 3.8) is 0 Å². The lowest BCUT2D eigenvalue weighted by Gasteiger charge is -2.16. The van der Waals surface area contributed by atoms with Gasteiger partial charge < -0.3 is 4.74 Å². The van der Waals surface area contributed by atoms with Crippen molar-refractivity contribution < 1.29 is 32.3 Å². The maximum Gasteiger partial charge on any atom is 0.355 e. The normalized spacial score (nSPS) is 13.8. The second kappa shape index (κ2) is 6.47. The number of imide groups is 1. The molecule has 0 unspecified atom stereocenters. The summed E-state index contributed by atoms with van der Waals surface area (Å²) >= 11 is 0. The zero-order valence-electron chi connectivity index (χ0n) is 13.3. The van der Waals surface area contributed by atoms with Gasteiger partial charge in [-0.3, -0.25) is 9.59 Å². The second-order valence-electron chi connectivity index (χ2n) is 5.30. The Bertz CT molecular complexity index is 926. The lowest BCUT2D eigenvalue weighted by molar-refractivity contribution is -0.137. The minimum Gasteiger partial charge on any atom is -0.464 e. The first-order valence-corrected chi connectivity index (χ1v) is 7.27. The van der Waals surface area contributed by atoms with Crippen LogP contribution in [0.3, 0.4) is 0 Å². The minimum atomic E-state index is -1.31. The fourth-order valence-corrected chi connectivity index (χ4v) is 2.56. The molecule has 1 heterocycles. The summed E-state index contributed by atoms with van der Waals surface area (Å²) in [5.74, 6) is -6.61. The Morgan fingerprint density at radius 2 is 1.50 bits per heavy atom. The number of benzene rings is 2. The Morgan fingerprint density at radius 1 is 1.00 bits per heavy atom.